The zero-order chi connectivity index (χ0) is 20.9. The van der Waals surface area contributed by atoms with Crippen molar-refractivity contribution in [1.29, 1.82) is 0 Å². The number of nitrogens with one attached hydrogen (secondary N) is 1. The summed E-state index contributed by atoms with van der Waals surface area (Å²) in [5.41, 5.74) is 1.55. The number of rotatable bonds is 6. The number of carbonyl (C=O) groups excluding carboxylic acids is 1. The average molecular weight is 402 g/mol. The molecule has 4 rings (SSSR count). The van der Waals surface area contributed by atoms with Crippen molar-refractivity contribution in [3.05, 3.63) is 95.9 Å². The van der Waals surface area contributed by atoms with E-state index in [4.69, 9.17) is 4.74 Å². The van der Waals surface area contributed by atoms with Crippen molar-refractivity contribution in [3.8, 4) is 17.1 Å². The number of carbonyl (C=O) groups is 1. The van der Waals surface area contributed by atoms with Crippen molar-refractivity contribution >= 4 is 11.7 Å². The van der Waals surface area contributed by atoms with Gasteiger partial charge in [-0.2, -0.15) is 9.78 Å². The molecule has 0 saturated carbocycles. The minimum atomic E-state index is -0.645. The summed E-state index contributed by atoms with van der Waals surface area (Å²) in [4.78, 5) is 17.4. The Morgan fingerprint density at radius 2 is 1.77 bits per heavy atom. The average Bonchev–Trinajstić information content (AvgIpc) is 3.14. The van der Waals surface area contributed by atoms with E-state index >= 15 is 4.39 Å². The minimum Gasteiger partial charge on any atom is -0.496 e. The fraction of sp³-hybridized carbons (Fsp3) is 0.0870. The number of hydrogen-bond donors (Lipinski definition) is 1. The topological polar surface area (TPSA) is 69.0 Å². The first-order valence-electron chi connectivity index (χ1n) is 9.34. The van der Waals surface area contributed by atoms with E-state index in [1.54, 1.807) is 48.7 Å². The van der Waals surface area contributed by atoms with Crippen LogP contribution >= 0.6 is 0 Å². The fourth-order valence-electron chi connectivity index (χ4n) is 3.08. The molecule has 7 heteroatoms. The van der Waals surface area contributed by atoms with Gasteiger partial charge < -0.3 is 10.1 Å². The molecule has 2 aromatic carbocycles. The van der Waals surface area contributed by atoms with Crippen molar-refractivity contribution in [2.24, 2.45) is 0 Å². The Bertz CT molecular complexity index is 1160. The van der Waals surface area contributed by atoms with Crippen LogP contribution in [-0.2, 0) is 6.54 Å². The van der Waals surface area contributed by atoms with E-state index in [0.29, 0.717) is 18.0 Å². The summed E-state index contributed by atoms with van der Waals surface area (Å²) in [6, 6.07) is 21.4. The number of hydrogen-bond acceptors (Lipinski definition) is 5. The van der Waals surface area contributed by atoms with Crippen LogP contribution in [0.15, 0.2) is 79.0 Å². The lowest BCUT2D eigenvalue weighted by Crippen LogP contribution is -2.18. The summed E-state index contributed by atoms with van der Waals surface area (Å²) >= 11 is 0. The molecule has 2 aromatic heterocycles. The van der Waals surface area contributed by atoms with Crippen LogP contribution in [0, 0.1) is 5.82 Å². The minimum absolute atomic E-state index is 0.00518. The Balaban J connectivity index is 1.78. The molecule has 6 nitrogen and oxygen atoms in total. The highest BCUT2D eigenvalue weighted by Gasteiger charge is 2.26. The first-order chi connectivity index (χ1) is 14.7. The quantitative estimate of drug-likeness (QED) is 0.518. The van der Waals surface area contributed by atoms with Gasteiger partial charge in [0.1, 0.15) is 11.4 Å². The molecule has 0 fully saturated rings. The van der Waals surface area contributed by atoms with Crippen LogP contribution in [0.2, 0.25) is 0 Å². The largest absolute Gasteiger partial charge is 0.496 e. The van der Waals surface area contributed by atoms with Crippen molar-refractivity contribution in [1.82, 2.24) is 14.8 Å². The van der Waals surface area contributed by atoms with Gasteiger partial charge in [0.05, 0.1) is 18.4 Å². The van der Waals surface area contributed by atoms with Gasteiger partial charge in [0.2, 0.25) is 0 Å². The van der Waals surface area contributed by atoms with Gasteiger partial charge in [-0.3, -0.25) is 9.78 Å². The van der Waals surface area contributed by atoms with Crippen LogP contribution in [-0.4, -0.2) is 27.8 Å². The van der Waals surface area contributed by atoms with E-state index in [-0.39, 0.29) is 17.1 Å². The van der Waals surface area contributed by atoms with E-state index in [1.165, 1.54) is 7.11 Å². The third-order valence-corrected chi connectivity index (χ3v) is 4.57. The number of anilines is 1. The molecule has 0 radical (unpaired) electrons. The third-order valence-electron chi connectivity index (χ3n) is 4.57. The smallest absolute Gasteiger partial charge is 0.283 e. The fourth-order valence-corrected chi connectivity index (χ4v) is 3.08. The summed E-state index contributed by atoms with van der Waals surface area (Å²) in [6.45, 7) is 0.324. The zero-order valence-electron chi connectivity index (χ0n) is 16.2. The lowest BCUT2D eigenvalue weighted by molar-refractivity contribution is 0.0944. The Morgan fingerprint density at radius 3 is 2.50 bits per heavy atom. The lowest BCUT2D eigenvalue weighted by Gasteiger charge is -2.11. The highest BCUT2D eigenvalue weighted by Crippen LogP contribution is 2.28. The van der Waals surface area contributed by atoms with Gasteiger partial charge >= 0.3 is 0 Å². The summed E-state index contributed by atoms with van der Waals surface area (Å²) in [5, 5.41) is 7.27. The molecular formula is C23H19FN4O2. The lowest BCUT2D eigenvalue weighted by atomic mass is 10.2. The van der Waals surface area contributed by atoms with Gasteiger partial charge in [0, 0.05) is 12.7 Å². The maximum Gasteiger partial charge on any atom is 0.283 e. The molecule has 0 spiro atoms. The first kappa shape index (κ1) is 19.3. The van der Waals surface area contributed by atoms with Crippen LogP contribution in [0.25, 0.3) is 11.4 Å². The second-order valence-electron chi connectivity index (χ2n) is 6.48. The Kier molecular flexibility index (Phi) is 5.52. The predicted molar refractivity (Wildman–Crippen MR) is 112 cm³/mol. The molecular weight excluding hydrogens is 383 g/mol. The predicted octanol–water partition coefficient (Wildman–Crippen LogP) is 4.39. The molecule has 1 N–H and O–H groups in total. The highest BCUT2D eigenvalue weighted by molar-refractivity contribution is 6.00. The van der Waals surface area contributed by atoms with Crippen molar-refractivity contribution in [2.45, 2.75) is 6.54 Å². The number of pyridine rings is 1. The highest BCUT2D eigenvalue weighted by atomic mass is 19.1. The van der Waals surface area contributed by atoms with Gasteiger partial charge in [-0.1, -0.05) is 48.5 Å². The number of para-hydroxylation sites is 1. The molecule has 30 heavy (non-hydrogen) atoms. The number of methoxy groups -OCH3 is 1. The van der Waals surface area contributed by atoms with Crippen LogP contribution < -0.4 is 10.1 Å². The molecule has 0 unspecified atom stereocenters. The molecule has 2 heterocycles. The number of halogens is 1. The van der Waals surface area contributed by atoms with Crippen LogP contribution in [0.3, 0.4) is 0 Å². The van der Waals surface area contributed by atoms with E-state index in [1.807, 2.05) is 30.3 Å². The second kappa shape index (κ2) is 8.57. The normalized spacial score (nSPS) is 10.6. The molecule has 4 aromatic rings. The van der Waals surface area contributed by atoms with Gasteiger partial charge in [-0.25, -0.2) is 4.39 Å². The monoisotopic (exact) mass is 402 g/mol. The Morgan fingerprint density at radius 1 is 1.03 bits per heavy atom. The van der Waals surface area contributed by atoms with Gasteiger partial charge in [0.25, 0.3) is 5.91 Å². The maximum atomic E-state index is 15.4. The SMILES string of the molecule is COc1ccccc1C(=O)n1nc(-c2ccccn2)c(F)c1NCc1ccccc1. The first-order valence-corrected chi connectivity index (χ1v) is 9.34. The van der Waals surface area contributed by atoms with Crippen molar-refractivity contribution < 1.29 is 13.9 Å². The van der Waals surface area contributed by atoms with Crippen LogP contribution in [0.5, 0.6) is 5.75 Å². The number of benzene rings is 2. The number of ether oxygens (including phenoxy) is 1. The standard InChI is InChI=1S/C23H19FN4O2/c1-30-19-13-6-5-11-17(19)23(29)28-22(26-15-16-9-3-2-4-10-16)20(24)21(27-28)18-12-7-8-14-25-18/h2-14,26H,15H2,1H3. The molecule has 0 aliphatic carbocycles. The zero-order valence-corrected chi connectivity index (χ0v) is 16.2. The van der Waals surface area contributed by atoms with Gasteiger partial charge in [0.15, 0.2) is 11.6 Å². The third kappa shape index (κ3) is 3.77. The van der Waals surface area contributed by atoms with Gasteiger partial charge in [-0.15, -0.1) is 0 Å². The van der Waals surface area contributed by atoms with Crippen LogP contribution in [0.4, 0.5) is 10.2 Å². The van der Waals surface area contributed by atoms with Crippen molar-refractivity contribution in [2.75, 3.05) is 12.4 Å². The molecule has 0 aliphatic heterocycles. The number of nitrogens with zero attached hydrogens (tertiary/aromatic N) is 3. The molecule has 0 aliphatic rings. The maximum absolute atomic E-state index is 15.4. The van der Waals surface area contributed by atoms with E-state index < -0.39 is 11.7 Å². The van der Waals surface area contributed by atoms with Gasteiger partial charge in [-0.05, 0) is 29.8 Å². The van der Waals surface area contributed by atoms with Crippen LogP contribution in [0.1, 0.15) is 15.9 Å². The molecule has 0 atom stereocenters. The summed E-state index contributed by atoms with van der Waals surface area (Å²) < 4.78 is 21.7. The van der Waals surface area contributed by atoms with E-state index in [2.05, 4.69) is 15.4 Å². The summed E-state index contributed by atoms with van der Waals surface area (Å²) in [7, 11) is 1.48. The van der Waals surface area contributed by atoms with E-state index in [9.17, 15) is 4.79 Å². The summed E-state index contributed by atoms with van der Waals surface area (Å²) in [6.07, 6.45) is 1.55. The van der Waals surface area contributed by atoms with E-state index in [0.717, 1.165) is 10.2 Å². The molecule has 150 valence electrons. The Labute approximate surface area is 173 Å². The second-order valence-corrected chi connectivity index (χ2v) is 6.48. The molecule has 0 bridgehead atoms. The number of aromatic nitrogens is 3. The van der Waals surface area contributed by atoms with Crippen molar-refractivity contribution in [3.63, 3.8) is 0 Å². The molecule has 0 amide bonds. The Hall–Kier alpha value is -4.00. The molecule has 0 saturated heterocycles. The summed E-state index contributed by atoms with van der Waals surface area (Å²) in [5.74, 6) is -0.806.